The van der Waals surface area contributed by atoms with Gasteiger partial charge in [-0.05, 0) is 37.4 Å². The lowest BCUT2D eigenvalue weighted by atomic mass is 10.2. The molecule has 1 N–H and O–H groups in total. The number of benzene rings is 1. The SMILES string of the molecule is CCN(CC)C(CNC(=O)CSc1ccccc1)c1ccco1. The normalized spacial score (nSPS) is 12.3. The molecule has 0 aliphatic rings. The maximum absolute atomic E-state index is 12.1. The number of nitrogens with zero attached hydrogens (tertiary/aromatic N) is 1. The average Bonchev–Trinajstić information content (AvgIpc) is 3.12. The van der Waals surface area contributed by atoms with Gasteiger partial charge in [0.25, 0.3) is 0 Å². The first-order valence-electron chi connectivity index (χ1n) is 7.96. The fourth-order valence-corrected chi connectivity index (χ4v) is 3.23. The van der Waals surface area contributed by atoms with E-state index in [9.17, 15) is 4.79 Å². The Kier molecular flexibility index (Phi) is 7.23. The summed E-state index contributed by atoms with van der Waals surface area (Å²) in [6.45, 7) is 6.62. The lowest BCUT2D eigenvalue weighted by molar-refractivity contribution is -0.118. The van der Waals surface area contributed by atoms with Crippen molar-refractivity contribution in [1.82, 2.24) is 10.2 Å². The molecule has 0 saturated heterocycles. The molecule has 5 heteroatoms. The zero-order valence-corrected chi connectivity index (χ0v) is 14.5. The van der Waals surface area contributed by atoms with Crippen molar-refractivity contribution >= 4 is 17.7 Å². The van der Waals surface area contributed by atoms with Crippen LogP contribution >= 0.6 is 11.8 Å². The number of furan rings is 1. The van der Waals surface area contributed by atoms with E-state index in [4.69, 9.17) is 4.42 Å². The first kappa shape index (κ1) is 17.6. The highest BCUT2D eigenvalue weighted by Gasteiger charge is 2.21. The monoisotopic (exact) mass is 332 g/mol. The van der Waals surface area contributed by atoms with Crippen LogP contribution in [0.5, 0.6) is 0 Å². The molecule has 1 atom stereocenters. The van der Waals surface area contributed by atoms with Gasteiger partial charge in [-0.1, -0.05) is 32.0 Å². The van der Waals surface area contributed by atoms with Crippen LogP contribution in [-0.4, -0.2) is 36.2 Å². The predicted molar refractivity (Wildman–Crippen MR) is 94.5 cm³/mol. The fourth-order valence-electron chi connectivity index (χ4n) is 2.48. The fraction of sp³-hybridized carbons (Fsp3) is 0.389. The zero-order chi connectivity index (χ0) is 16.5. The van der Waals surface area contributed by atoms with Crippen molar-refractivity contribution in [2.24, 2.45) is 0 Å². The number of hydrogen-bond acceptors (Lipinski definition) is 4. The molecule has 2 aromatic rings. The Morgan fingerprint density at radius 3 is 2.52 bits per heavy atom. The van der Waals surface area contributed by atoms with Gasteiger partial charge in [-0.25, -0.2) is 0 Å². The molecule has 0 fully saturated rings. The molecule has 1 heterocycles. The highest BCUT2D eigenvalue weighted by molar-refractivity contribution is 8.00. The number of hydrogen-bond donors (Lipinski definition) is 1. The number of nitrogens with one attached hydrogen (secondary N) is 1. The number of rotatable bonds is 9. The van der Waals surface area contributed by atoms with Crippen molar-refractivity contribution < 1.29 is 9.21 Å². The lowest BCUT2D eigenvalue weighted by Crippen LogP contribution is -2.38. The van der Waals surface area contributed by atoms with E-state index in [1.807, 2.05) is 42.5 Å². The Balaban J connectivity index is 1.86. The van der Waals surface area contributed by atoms with Gasteiger partial charge in [-0.15, -0.1) is 11.8 Å². The second-order valence-corrected chi connectivity index (χ2v) is 6.21. The third-order valence-electron chi connectivity index (χ3n) is 3.73. The van der Waals surface area contributed by atoms with E-state index in [1.165, 1.54) is 0 Å². The summed E-state index contributed by atoms with van der Waals surface area (Å²) >= 11 is 1.55. The molecule has 0 radical (unpaired) electrons. The summed E-state index contributed by atoms with van der Waals surface area (Å²) in [5.74, 6) is 1.36. The first-order chi connectivity index (χ1) is 11.2. The largest absolute Gasteiger partial charge is 0.468 e. The van der Waals surface area contributed by atoms with Crippen LogP contribution in [0.2, 0.25) is 0 Å². The summed E-state index contributed by atoms with van der Waals surface area (Å²) in [6, 6.07) is 13.9. The predicted octanol–water partition coefficient (Wildman–Crippen LogP) is 3.57. The molecule has 0 aliphatic heterocycles. The maximum Gasteiger partial charge on any atom is 0.230 e. The molecule has 0 spiro atoms. The van der Waals surface area contributed by atoms with E-state index < -0.39 is 0 Å². The van der Waals surface area contributed by atoms with Gasteiger partial charge in [0, 0.05) is 11.4 Å². The Morgan fingerprint density at radius 2 is 1.91 bits per heavy atom. The Hall–Kier alpha value is -1.72. The van der Waals surface area contributed by atoms with Crippen LogP contribution < -0.4 is 5.32 Å². The minimum Gasteiger partial charge on any atom is -0.468 e. The average molecular weight is 332 g/mol. The van der Waals surface area contributed by atoms with E-state index in [0.717, 1.165) is 23.7 Å². The van der Waals surface area contributed by atoms with Crippen LogP contribution in [-0.2, 0) is 4.79 Å². The summed E-state index contributed by atoms with van der Waals surface area (Å²) in [5, 5.41) is 3.03. The van der Waals surface area contributed by atoms with Crippen LogP contribution in [0, 0.1) is 0 Å². The van der Waals surface area contributed by atoms with Crippen LogP contribution in [0.1, 0.15) is 25.6 Å². The van der Waals surface area contributed by atoms with Gasteiger partial charge < -0.3 is 9.73 Å². The number of likely N-dealkylation sites (N-methyl/N-ethyl adjacent to an activating group) is 1. The number of amides is 1. The van der Waals surface area contributed by atoms with Crippen LogP contribution in [0.3, 0.4) is 0 Å². The molecular formula is C18H24N2O2S. The second-order valence-electron chi connectivity index (χ2n) is 5.16. The van der Waals surface area contributed by atoms with E-state index in [0.29, 0.717) is 12.3 Å². The molecule has 0 bridgehead atoms. The standard InChI is InChI=1S/C18H24N2O2S/c1-3-20(4-2)16(17-11-8-12-22-17)13-19-18(21)14-23-15-9-6-5-7-10-15/h5-12,16H,3-4,13-14H2,1-2H3,(H,19,21). The van der Waals surface area contributed by atoms with E-state index in [-0.39, 0.29) is 11.9 Å². The maximum atomic E-state index is 12.1. The smallest absolute Gasteiger partial charge is 0.230 e. The van der Waals surface area contributed by atoms with E-state index >= 15 is 0 Å². The molecule has 1 unspecified atom stereocenters. The Morgan fingerprint density at radius 1 is 1.17 bits per heavy atom. The second kappa shape index (κ2) is 9.43. The molecular weight excluding hydrogens is 308 g/mol. The van der Waals surface area contributed by atoms with Crippen molar-refractivity contribution in [3.05, 3.63) is 54.5 Å². The third kappa shape index (κ3) is 5.44. The van der Waals surface area contributed by atoms with Crippen molar-refractivity contribution in [1.29, 1.82) is 0 Å². The number of thioether (sulfide) groups is 1. The number of carbonyl (C=O) groups excluding carboxylic acids is 1. The topological polar surface area (TPSA) is 45.5 Å². The summed E-state index contributed by atoms with van der Waals surface area (Å²) in [4.78, 5) is 15.5. The van der Waals surface area contributed by atoms with Gasteiger partial charge in [0.2, 0.25) is 5.91 Å². The lowest BCUT2D eigenvalue weighted by Gasteiger charge is -2.28. The highest BCUT2D eigenvalue weighted by atomic mass is 32.2. The summed E-state index contributed by atoms with van der Waals surface area (Å²) in [6.07, 6.45) is 1.68. The van der Waals surface area contributed by atoms with Gasteiger partial charge >= 0.3 is 0 Å². The zero-order valence-electron chi connectivity index (χ0n) is 13.7. The molecule has 4 nitrogen and oxygen atoms in total. The van der Waals surface area contributed by atoms with E-state index in [2.05, 4.69) is 24.1 Å². The first-order valence-corrected chi connectivity index (χ1v) is 8.95. The molecule has 2 rings (SSSR count). The van der Waals surface area contributed by atoms with Crippen LogP contribution in [0.4, 0.5) is 0 Å². The van der Waals surface area contributed by atoms with Crippen molar-refractivity contribution in [2.45, 2.75) is 24.8 Å². The van der Waals surface area contributed by atoms with Gasteiger partial charge in [0.15, 0.2) is 0 Å². The molecule has 1 aromatic carbocycles. The third-order valence-corrected chi connectivity index (χ3v) is 4.74. The molecule has 23 heavy (non-hydrogen) atoms. The minimum absolute atomic E-state index is 0.0440. The van der Waals surface area contributed by atoms with Gasteiger partial charge in [-0.3, -0.25) is 9.69 Å². The molecule has 0 saturated carbocycles. The van der Waals surface area contributed by atoms with Crippen LogP contribution in [0.15, 0.2) is 58.0 Å². The summed E-state index contributed by atoms with van der Waals surface area (Å²) < 4.78 is 5.54. The van der Waals surface area contributed by atoms with Crippen molar-refractivity contribution in [3.63, 3.8) is 0 Å². The van der Waals surface area contributed by atoms with Gasteiger partial charge in [-0.2, -0.15) is 0 Å². The van der Waals surface area contributed by atoms with Gasteiger partial charge in [0.1, 0.15) is 5.76 Å². The molecule has 1 aromatic heterocycles. The van der Waals surface area contributed by atoms with Crippen molar-refractivity contribution in [2.75, 3.05) is 25.4 Å². The number of carbonyl (C=O) groups is 1. The van der Waals surface area contributed by atoms with Crippen molar-refractivity contribution in [3.8, 4) is 0 Å². The Bertz CT molecular complexity index is 568. The molecule has 124 valence electrons. The van der Waals surface area contributed by atoms with Gasteiger partial charge in [0.05, 0.1) is 18.1 Å². The minimum atomic E-state index is 0.0440. The Labute approximate surface area is 142 Å². The highest BCUT2D eigenvalue weighted by Crippen LogP contribution is 2.20. The summed E-state index contributed by atoms with van der Waals surface area (Å²) in [5.41, 5.74) is 0. The molecule has 0 aliphatic carbocycles. The van der Waals surface area contributed by atoms with E-state index in [1.54, 1.807) is 18.0 Å². The quantitative estimate of drug-likeness (QED) is 0.713. The van der Waals surface area contributed by atoms with Crippen LogP contribution in [0.25, 0.3) is 0 Å². The molecule has 1 amide bonds. The summed E-state index contributed by atoms with van der Waals surface area (Å²) in [7, 11) is 0.